The number of likely N-dealkylation sites (N-methyl/N-ethyl adjacent to an activating group) is 1. The third-order valence-electron chi connectivity index (χ3n) is 3.82. The molecule has 0 aliphatic rings. The topological polar surface area (TPSA) is 62.6 Å². The monoisotopic (exact) mass is 292 g/mol. The summed E-state index contributed by atoms with van der Waals surface area (Å²) in [6, 6.07) is 5.63. The van der Waals surface area contributed by atoms with Crippen molar-refractivity contribution in [3.8, 4) is 0 Å². The lowest BCUT2D eigenvalue weighted by molar-refractivity contribution is -0.895. The number of benzene rings is 1. The lowest BCUT2D eigenvalue weighted by atomic mass is 10.1. The molecule has 0 spiro atoms. The maximum atomic E-state index is 11.9. The molecule has 0 saturated carbocycles. The van der Waals surface area contributed by atoms with Crippen molar-refractivity contribution in [2.45, 2.75) is 27.7 Å². The van der Waals surface area contributed by atoms with Crippen LogP contribution in [0.2, 0.25) is 0 Å². The van der Waals surface area contributed by atoms with Crippen LogP contribution >= 0.6 is 0 Å². The van der Waals surface area contributed by atoms with Crippen LogP contribution in [0.5, 0.6) is 0 Å². The van der Waals surface area contributed by atoms with E-state index in [0.29, 0.717) is 12.2 Å². The van der Waals surface area contributed by atoms with Crippen LogP contribution in [-0.2, 0) is 9.59 Å². The number of hydrogen-bond acceptors (Lipinski definition) is 2. The average Bonchev–Trinajstić information content (AvgIpc) is 2.48. The van der Waals surface area contributed by atoms with Gasteiger partial charge in [-0.3, -0.25) is 9.59 Å². The molecule has 0 bridgehead atoms. The zero-order chi connectivity index (χ0) is 15.8. The summed E-state index contributed by atoms with van der Waals surface area (Å²) >= 11 is 0. The molecule has 0 aromatic heterocycles. The molecule has 0 unspecified atom stereocenters. The van der Waals surface area contributed by atoms with Gasteiger partial charge in [-0.1, -0.05) is 12.1 Å². The van der Waals surface area contributed by atoms with Crippen molar-refractivity contribution in [3.63, 3.8) is 0 Å². The van der Waals surface area contributed by atoms with Gasteiger partial charge in [-0.2, -0.15) is 0 Å². The second kappa shape index (κ2) is 8.42. The first-order chi connectivity index (χ1) is 9.99. The predicted octanol–water partition coefficient (Wildman–Crippen LogP) is 0.283. The third-order valence-corrected chi connectivity index (χ3v) is 3.82. The number of nitrogens with one attached hydrogen (secondary N) is 3. The van der Waals surface area contributed by atoms with Crippen molar-refractivity contribution < 1.29 is 14.5 Å². The quantitative estimate of drug-likeness (QED) is 0.660. The summed E-state index contributed by atoms with van der Waals surface area (Å²) < 4.78 is 0. The standard InChI is InChI=1S/C16H25N3O2/c1-5-19(6-2)11-10-17-15(20)16(21)18-14-9-7-8-12(3)13(14)4/h7-9H,5-6,10-11H2,1-4H3,(H,17,20)(H,18,21)/p+1. The number of carbonyl (C=O) groups excluding carboxylic acids is 2. The molecule has 1 rings (SSSR count). The van der Waals surface area contributed by atoms with Crippen LogP contribution in [0.4, 0.5) is 5.69 Å². The number of rotatable bonds is 6. The number of quaternary nitrogens is 1. The lowest BCUT2D eigenvalue weighted by Gasteiger charge is -2.15. The molecule has 1 aromatic rings. The molecule has 116 valence electrons. The van der Waals surface area contributed by atoms with Crippen LogP contribution in [0.15, 0.2) is 18.2 Å². The van der Waals surface area contributed by atoms with Crippen molar-refractivity contribution in [2.75, 3.05) is 31.5 Å². The van der Waals surface area contributed by atoms with Crippen LogP contribution < -0.4 is 15.5 Å². The molecule has 5 heteroatoms. The molecule has 5 nitrogen and oxygen atoms in total. The Labute approximate surface area is 126 Å². The first-order valence-corrected chi connectivity index (χ1v) is 7.48. The lowest BCUT2D eigenvalue weighted by Crippen LogP contribution is -3.12. The van der Waals surface area contributed by atoms with Crippen LogP contribution in [0.25, 0.3) is 0 Å². The second-order valence-electron chi connectivity index (χ2n) is 5.16. The molecule has 0 aliphatic carbocycles. The van der Waals surface area contributed by atoms with Gasteiger partial charge in [0.2, 0.25) is 0 Å². The van der Waals surface area contributed by atoms with Crippen LogP contribution in [0.3, 0.4) is 0 Å². The van der Waals surface area contributed by atoms with E-state index in [0.717, 1.165) is 30.8 Å². The van der Waals surface area contributed by atoms with E-state index < -0.39 is 11.8 Å². The van der Waals surface area contributed by atoms with Gasteiger partial charge in [-0.05, 0) is 44.9 Å². The fourth-order valence-corrected chi connectivity index (χ4v) is 2.10. The first-order valence-electron chi connectivity index (χ1n) is 7.48. The maximum absolute atomic E-state index is 11.9. The number of aryl methyl sites for hydroxylation is 1. The van der Waals surface area contributed by atoms with Crippen molar-refractivity contribution in [1.29, 1.82) is 0 Å². The summed E-state index contributed by atoms with van der Waals surface area (Å²) in [5.74, 6) is -1.19. The predicted molar refractivity (Wildman–Crippen MR) is 84.5 cm³/mol. The minimum Gasteiger partial charge on any atom is -0.342 e. The molecule has 21 heavy (non-hydrogen) atoms. The fourth-order valence-electron chi connectivity index (χ4n) is 2.10. The van der Waals surface area contributed by atoms with Crippen molar-refractivity contribution in [2.24, 2.45) is 0 Å². The van der Waals surface area contributed by atoms with E-state index in [9.17, 15) is 9.59 Å². The Morgan fingerprint density at radius 3 is 2.38 bits per heavy atom. The number of amides is 2. The van der Waals surface area contributed by atoms with Gasteiger partial charge in [0.1, 0.15) is 0 Å². The Morgan fingerprint density at radius 1 is 1.10 bits per heavy atom. The van der Waals surface area contributed by atoms with Gasteiger partial charge >= 0.3 is 11.8 Å². The molecule has 0 fully saturated rings. The average molecular weight is 292 g/mol. The minimum absolute atomic E-state index is 0.510. The van der Waals surface area contributed by atoms with Crippen LogP contribution in [0, 0.1) is 13.8 Å². The SMILES string of the molecule is CC[NH+](CC)CCNC(=O)C(=O)Nc1cccc(C)c1C. The van der Waals surface area contributed by atoms with Crippen LogP contribution in [0.1, 0.15) is 25.0 Å². The van der Waals surface area contributed by atoms with Gasteiger partial charge in [-0.15, -0.1) is 0 Å². The van der Waals surface area contributed by atoms with E-state index in [1.807, 2.05) is 26.0 Å². The molecule has 0 radical (unpaired) electrons. The van der Waals surface area contributed by atoms with Crippen molar-refractivity contribution >= 4 is 17.5 Å². The van der Waals surface area contributed by atoms with Gasteiger partial charge in [0.25, 0.3) is 0 Å². The van der Waals surface area contributed by atoms with Gasteiger partial charge in [0.05, 0.1) is 26.2 Å². The summed E-state index contributed by atoms with van der Waals surface area (Å²) in [5, 5.41) is 5.32. The Hall–Kier alpha value is -1.88. The second-order valence-corrected chi connectivity index (χ2v) is 5.16. The van der Waals surface area contributed by atoms with Crippen molar-refractivity contribution in [3.05, 3.63) is 29.3 Å². The summed E-state index contributed by atoms with van der Waals surface area (Å²) in [6.45, 7) is 11.5. The van der Waals surface area contributed by atoms with E-state index in [1.165, 1.54) is 4.90 Å². The first kappa shape index (κ1) is 17.2. The summed E-state index contributed by atoms with van der Waals surface area (Å²) in [4.78, 5) is 25.0. The molecule has 3 N–H and O–H groups in total. The van der Waals surface area contributed by atoms with E-state index in [2.05, 4.69) is 24.5 Å². The highest BCUT2D eigenvalue weighted by atomic mass is 16.2. The van der Waals surface area contributed by atoms with Gasteiger partial charge in [-0.25, -0.2) is 0 Å². The molecular formula is C16H26N3O2+. The molecule has 2 amide bonds. The Kier molecular flexibility index (Phi) is 6.88. The zero-order valence-corrected chi connectivity index (χ0v) is 13.4. The number of anilines is 1. The molecule has 0 atom stereocenters. The minimum atomic E-state index is -0.613. The molecule has 0 heterocycles. The zero-order valence-electron chi connectivity index (χ0n) is 13.4. The Bertz CT molecular complexity index is 496. The summed E-state index contributed by atoms with van der Waals surface area (Å²) in [5.41, 5.74) is 2.74. The van der Waals surface area contributed by atoms with E-state index in [-0.39, 0.29) is 0 Å². The molecule has 0 saturated heterocycles. The van der Waals surface area contributed by atoms with Crippen molar-refractivity contribution in [1.82, 2.24) is 5.32 Å². The molecule has 0 aliphatic heterocycles. The highest BCUT2D eigenvalue weighted by molar-refractivity contribution is 6.39. The van der Waals surface area contributed by atoms with E-state index in [1.54, 1.807) is 6.07 Å². The molecular weight excluding hydrogens is 266 g/mol. The van der Waals surface area contributed by atoms with E-state index in [4.69, 9.17) is 0 Å². The van der Waals surface area contributed by atoms with E-state index >= 15 is 0 Å². The fraction of sp³-hybridized carbons (Fsp3) is 0.500. The number of carbonyl (C=O) groups is 2. The number of hydrogen-bond donors (Lipinski definition) is 3. The van der Waals surface area contributed by atoms with Gasteiger partial charge < -0.3 is 15.5 Å². The Balaban J connectivity index is 2.48. The molecule has 1 aromatic carbocycles. The summed E-state index contributed by atoms with van der Waals surface area (Å²) in [7, 11) is 0. The largest absolute Gasteiger partial charge is 0.342 e. The maximum Gasteiger partial charge on any atom is 0.313 e. The van der Waals surface area contributed by atoms with Gasteiger partial charge in [0.15, 0.2) is 0 Å². The highest BCUT2D eigenvalue weighted by Crippen LogP contribution is 2.17. The highest BCUT2D eigenvalue weighted by Gasteiger charge is 2.15. The van der Waals surface area contributed by atoms with Gasteiger partial charge in [0, 0.05) is 5.69 Å². The summed E-state index contributed by atoms with van der Waals surface area (Å²) in [6.07, 6.45) is 0. The van der Waals surface area contributed by atoms with Crippen LogP contribution in [-0.4, -0.2) is 38.0 Å². The smallest absolute Gasteiger partial charge is 0.313 e. The normalized spacial score (nSPS) is 10.5. The third kappa shape index (κ3) is 5.19. The Morgan fingerprint density at radius 2 is 1.76 bits per heavy atom.